The van der Waals surface area contributed by atoms with Crippen molar-refractivity contribution in [2.24, 2.45) is 11.3 Å². The van der Waals surface area contributed by atoms with E-state index in [9.17, 15) is 0 Å². The zero-order valence-electron chi connectivity index (χ0n) is 12.8. The molecule has 2 rings (SSSR count). The molecule has 0 saturated carbocycles. The minimum Gasteiger partial charge on any atom is -0.169 e. The van der Waals surface area contributed by atoms with Gasteiger partial charge in [-0.1, -0.05) is 51.0 Å². The maximum Gasteiger partial charge on any atom is 0.114 e. The predicted octanol–water partition coefficient (Wildman–Crippen LogP) is 4.09. The van der Waals surface area contributed by atoms with Gasteiger partial charge in [0.15, 0.2) is 0 Å². The Morgan fingerprint density at radius 3 is 2.75 bits per heavy atom. The van der Waals surface area contributed by atoms with Crippen LogP contribution in [0, 0.1) is 23.3 Å². The molecule has 0 fully saturated rings. The van der Waals surface area contributed by atoms with Gasteiger partial charge in [-0.05, 0) is 36.3 Å². The summed E-state index contributed by atoms with van der Waals surface area (Å²) in [5.41, 5.74) is 2.26. The first-order chi connectivity index (χ1) is 9.46. The predicted molar refractivity (Wildman–Crippen MR) is 83.2 cm³/mol. The highest BCUT2D eigenvalue weighted by atomic mass is 15.4. The molecule has 1 heterocycles. The molecule has 0 aliphatic heterocycles. The maximum atomic E-state index is 4.09. The lowest BCUT2D eigenvalue weighted by atomic mass is 9.84. The van der Waals surface area contributed by atoms with Crippen molar-refractivity contribution in [3.63, 3.8) is 0 Å². The Morgan fingerprint density at radius 2 is 2.00 bits per heavy atom. The molecule has 2 aromatic rings. The molecule has 3 nitrogen and oxygen atoms in total. The molecule has 0 aliphatic carbocycles. The van der Waals surface area contributed by atoms with E-state index in [1.54, 1.807) is 4.68 Å². The van der Waals surface area contributed by atoms with E-state index in [1.165, 1.54) is 6.42 Å². The summed E-state index contributed by atoms with van der Waals surface area (Å²) in [5, 5.41) is 8.16. The van der Waals surface area contributed by atoms with Gasteiger partial charge in [0, 0.05) is 12.5 Å². The van der Waals surface area contributed by atoms with Gasteiger partial charge in [0.25, 0.3) is 0 Å². The SMILES string of the molecule is CC(CCC#Cn1nnc2ccccc21)CC(C)(C)C. The standard InChI is InChI=1S/C17H23N3/c1-14(13-17(2,3)4)9-7-8-12-20-16-11-6-5-10-15(16)18-19-20/h5-6,10-11,14H,7,9,13H2,1-4H3. The first kappa shape index (κ1) is 14.6. The highest BCUT2D eigenvalue weighted by Gasteiger charge is 2.14. The Kier molecular flexibility index (Phi) is 4.44. The molecule has 0 spiro atoms. The van der Waals surface area contributed by atoms with Gasteiger partial charge >= 0.3 is 0 Å². The fraction of sp³-hybridized carbons (Fsp3) is 0.529. The molecule has 0 amide bonds. The highest BCUT2D eigenvalue weighted by Crippen LogP contribution is 2.26. The minimum absolute atomic E-state index is 0.398. The van der Waals surface area contributed by atoms with E-state index in [1.807, 2.05) is 24.3 Å². The number of para-hydroxylation sites is 1. The van der Waals surface area contributed by atoms with Crippen LogP contribution in [0.5, 0.6) is 0 Å². The van der Waals surface area contributed by atoms with Crippen LogP contribution in [0.1, 0.15) is 47.0 Å². The average Bonchev–Trinajstić information content (AvgIpc) is 2.76. The molecule has 1 atom stereocenters. The van der Waals surface area contributed by atoms with Crippen LogP contribution >= 0.6 is 0 Å². The van der Waals surface area contributed by atoms with Crippen LogP contribution in [0.15, 0.2) is 24.3 Å². The molecule has 1 unspecified atom stereocenters. The summed E-state index contributed by atoms with van der Waals surface area (Å²) in [5.74, 6) is 3.91. The maximum absolute atomic E-state index is 4.09. The van der Waals surface area contributed by atoms with E-state index in [4.69, 9.17) is 0 Å². The van der Waals surface area contributed by atoms with Crippen molar-refractivity contribution in [1.82, 2.24) is 15.0 Å². The summed E-state index contributed by atoms with van der Waals surface area (Å²) in [6.07, 6.45) is 3.28. The van der Waals surface area contributed by atoms with Crippen molar-refractivity contribution in [1.29, 1.82) is 0 Å². The molecular formula is C17H23N3. The van der Waals surface area contributed by atoms with Gasteiger partial charge in [-0.3, -0.25) is 0 Å². The van der Waals surface area contributed by atoms with Crippen molar-refractivity contribution >= 4 is 11.0 Å². The van der Waals surface area contributed by atoms with Crippen LogP contribution in [0.4, 0.5) is 0 Å². The molecule has 0 bridgehead atoms. The van der Waals surface area contributed by atoms with Crippen LogP contribution in [0.2, 0.25) is 0 Å². The quantitative estimate of drug-likeness (QED) is 0.786. The lowest BCUT2D eigenvalue weighted by Crippen LogP contribution is -2.10. The summed E-state index contributed by atoms with van der Waals surface area (Å²) in [4.78, 5) is 0. The molecule has 0 N–H and O–H groups in total. The lowest BCUT2D eigenvalue weighted by molar-refractivity contribution is 0.298. The number of benzene rings is 1. The molecule has 3 heteroatoms. The van der Waals surface area contributed by atoms with Crippen LogP contribution in [0.25, 0.3) is 11.0 Å². The Balaban J connectivity index is 1.92. The third-order valence-electron chi connectivity index (χ3n) is 3.26. The summed E-state index contributed by atoms with van der Waals surface area (Å²) < 4.78 is 1.67. The second kappa shape index (κ2) is 6.09. The van der Waals surface area contributed by atoms with E-state index in [0.29, 0.717) is 11.3 Å². The van der Waals surface area contributed by atoms with Crippen LogP contribution in [-0.2, 0) is 0 Å². The Morgan fingerprint density at radius 1 is 1.25 bits per heavy atom. The van der Waals surface area contributed by atoms with Gasteiger partial charge in [0.05, 0.1) is 0 Å². The molecule has 0 radical (unpaired) electrons. The van der Waals surface area contributed by atoms with Crippen LogP contribution in [-0.4, -0.2) is 15.0 Å². The Bertz CT molecular complexity index is 623. The lowest BCUT2D eigenvalue weighted by Gasteiger charge is -2.22. The van der Waals surface area contributed by atoms with E-state index < -0.39 is 0 Å². The second-order valence-electron chi connectivity index (χ2n) is 6.69. The zero-order chi connectivity index (χ0) is 14.6. The summed E-state index contributed by atoms with van der Waals surface area (Å²) in [6.45, 7) is 9.17. The number of hydrogen-bond donors (Lipinski definition) is 0. The monoisotopic (exact) mass is 269 g/mol. The fourth-order valence-electron chi connectivity index (χ4n) is 2.55. The topological polar surface area (TPSA) is 30.7 Å². The van der Waals surface area contributed by atoms with Gasteiger partial charge in [0.1, 0.15) is 11.0 Å². The largest absolute Gasteiger partial charge is 0.169 e. The smallest absolute Gasteiger partial charge is 0.114 e. The molecule has 106 valence electrons. The van der Waals surface area contributed by atoms with Crippen LogP contribution in [0.3, 0.4) is 0 Å². The molecule has 1 aromatic carbocycles. The van der Waals surface area contributed by atoms with Gasteiger partial charge in [0.2, 0.25) is 0 Å². The highest BCUT2D eigenvalue weighted by molar-refractivity contribution is 5.74. The Hall–Kier alpha value is -1.82. The third-order valence-corrected chi connectivity index (χ3v) is 3.26. The van der Waals surface area contributed by atoms with Gasteiger partial charge < -0.3 is 0 Å². The van der Waals surface area contributed by atoms with Crippen molar-refractivity contribution in [2.45, 2.75) is 47.0 Å². The molecule has 0 saturated heterocycles. The first-order valence-corrected chi connectivity index (χ1v) is 7.25. The van der Waals surface area contributed by atoms with E-state index >= 15 is 0 Å². The summed E-state index contributed by atoms with van der Waals surface area (Å²) in [7, 11) is 0. The van der Waals surface area contributed by atoms with Crippen molar-refractivity contribution in [2.75, 3.05) is 0 Å². The molecule has 0 aliphatic rings. The van der Waals surface area contributed by atoms with E-state index in [0.717, 1.165) is 23.9 Å². The van der Waals surface area contributed by atoms with Crippen molar-refractivity contribution < 1.29 is 0 Å². The normalized spacial score (nSPS) is 13.0. The van der Waals surface area contributed by atoms with Crippen molar-refractivity contribution in [3.8, 4) is 12.0 Å². The van der Waals surface area contributed by atoms with E-state index in [2.05, 4.69) is 50.0 Å². The second-order valence-corrected chi connectivity index (χ2v) is 6.69. The number of hydrogen-bond acceptors (Lipinski definition) is 2. The van der Waals surface area contributed by atoms with Gasteiger partial charge in [-0.2, -0.15) is 4.68 Å². The van der Waals surface area contributed by atoms with Gasteiger partial charge in [-0.25, -0.2) is 0 Å². The number of fused-ring (bicyclic) bond motifs is 1. The third kappa shape index (κ3) is 4.09. The number of aromatic nitrogens is 3. The average molecular weight is 269 g/mol. The number of rotatable bonds is 3. The Labute approximate surface area is 121 Å². The van der Waals surface area contributed by atoms with E-state index in [-0.39, 0.29) is 0 Å². The number of nitrogens with zero attached hydrogens (tertiary/aromatic N) is 3. The molecular weight excluding hydrogens is 246 g/mol. The zero-order valence-corrected chi connectivity index (χ0v) is 12.8. The fourth-order valence-corrected chi connectivity index (χ4v) is 2.55. The minimum atomic E-state index is 0.398. The molecule has 20 heavy (non-hydrogen) atoms. The van der Waals surface area contributed by atoms with Crippen LogP contribution < -0.4 is 0 Å². The van der Waals surface area contributed by atoms with Crippen molar-refractivity contribution in [3.05, 3.63) is 24.3 Å². The first-order valence-electron chi connectivity index (χ1n) is 7.25. The molecule has 1 aromatic heterocycles. The summed E-state index contributed by atoms with van der Waals surface area (Å²) >= 11 is 0. The van der Waals surface area contributed by atoms with Gasteiger partial charge in [-0.15, -0.1) is 5.10 Å². The summed E-state index contributed by atoms with van der Waals surface area (Å²) in [6, 6.07) is 11.0.